The number of nitrogens with zero attached hydrogens (tertiary/aromatic N) is 2. The second kappa shape index (κ2) is 6.77. The van der Waals surface area contributed by atoms with Crippen molar-refractivity contribution in [3.63, 3.8) is 0 Å². The number of fused-ring (bicyclic) bond motifs is 1. The molecule has 24 heavy (non-hydrogen) atoms. The van der Waals surface area contributed by atoms with E-state index >= 15 is 0 Å². The topological polar surface area (TPSA) is 32.8 Å². The number of rotatable bonds is 2. The molecule has 2 saturated heterocycles. The number of amides is 1. The molecule has 3 aliphatic rings. The van der Waals surface area contributed by atoms with E-state index in [9.17, 15) is 4.79 Å². The van der Waals surface area contributed by atoms with Crippen LogP contribution in [0.15, 0.2) is 11.4 Å². The predicted molar refractivity (Wildman–Crippen MR) is 96.2 cm³/mol. The Kier molecular flexibility index (Phi) is 4.67. The van der Waals surface area contributed by atoms with E-state index in [1.165, 1.54) is 36.1 Å². The van der Waals surface area contributed by atoms with Gasteiger partial charge in [-0.1, -0.05) is 0 Å². The number of carbonyl (C=O) groups is 1. The van der Waals surface area contributed by atoms with Crippen molar-refractivity contribution in [3.8, 4) is 0 Å². The molecule has 1 unspecified atom stereocenters. The summed E-state index contributed by atoms with van der Waals surface area (Å²) in [5.41, 5.74) is 1.85. The second-order valence-corrected chi connectivity index (χ2v) is 8.70. The van der Waals surface area contributed by atoms with Crippen LogP contribution in [0, 0.1) is 5.41 Å². The predicted octanol–water partition coefficient (Wildman–Crippen LogP) is 2.91. The third kappa shape index (κ3) is 3.14. The fourth-order valence-corrected chi connectivity index (χ4v) is 5.44. The molecule has 1 aromatic rings. The van der Waals surface area contributed by atoms with Gasteiger partial charge in [-0.25, -0.2) is 0 Å². The van der Waals surface area contributed by atoms with Crippen molar-refractivity contribution < 1.29 is 9.53 Å². The Morgan fingerprint density at radius 2 is 1.96 bits per heavy atom. The quantitative estimate of drug-likeness (QED) is 0.824. The molecule has 0 bridgehead atoms. The van der Waals surface area contributed by atoms with E-state index in [0.29, 0.717) is 11.3 Å². The molecule has 132 valence electrons. The summed E-state index contributed by atoms with van der Waals surface area (Å²) in [4.78, 5) is 18.9. The first-order valence-electron chi connectivity index (χ1n) is 9.33. The molecule has 1 spiro atoms. The van der Waals surface area contributed by atoms with Crippen LogP contribution in [-0.4, -0.2) is 54.6 Å². The van der Waals surface area contributed by atoms with Crippen molar-refractivity contribution in [3.05, 3.63) is 21.9 Å². The lowest BCUT2D eigenvalue weighted by Gasteiger charge is -2.46. The van der Waals surface area contributed by atoms with Crippen LogP contribution in [-0.2, 0) is 22.5 Å². The molecule has 0 radical (unpaired) electrons. The molecule has 1 aromatic heterocycles. The van der Waals surface area contributed by atoms with Gasteiger partial charge in [0, 0.05) is 31.2 Å². The van der Waals surface area contributed by atoms with Crippen LogP contribution in [0.25, 0.3) is 0 Å². The Labute approximate surface area is 148 Å². The van der Waals surface area contributed by atoms with Crippen molar-refractivity contribution >= 4 is 17.2 Å². The minimum atomic E-state index is 0.0161. The maximum atomic E-state index is 13.0. The minimum Gasteiger partial charge on any atom is -0.381 e. The molecular formula is C19H28N2O2S. The summed E-state index contributed by atoms with van der Waals surface area (Å²) >= 11 is 1.83. The molecule has 0 aliphatic carbocycles. The molecule has 2 fully saturated rings. The fraction of sp³-hybridized carbons (Fsp3) is 0.737. The van der Waals surface area contributed by atoms with Crippen molar-refractivity contribution in [1.29, 1.82) is 0 Å². The van der Waals surface area contributed by atoms with Gasteiger partial charge in [0.05, 0.1) is 6.04 Å². The summed E-state index contributed by atoms with van der Waals surface area (Å²) in [6.45, 7) is 7.75. The van der Waals surface area contributed by atoms with E-state index < -0.39 is 0 Å². The summed E-state index contributed by atoms with van der Waals surface area (Å²) in [5.74, 6) is 0.315. The number of hydrogen-bond acceptors (Lipinski definition) is 4. The average Bonchev–Trinajstić information content (AvgIpc) is 3.09. The van der Waals surface area contributed by atoms with Crippen LogP contribution in [0.2, 0.25) is 0 Å². The second-order valence-electron chi connectivity index (χ2n) is 7.70. The molecule has 1 atom stereocenters. The highest BCUT2D eigenvalue weighted by Crippen LogP contribution is 2.41. The lowest BCUT2D eigenvalue weighted by molar-refractivity contribution is -0.138. The first kappa shape index (κ1) is 16.6. The molecule has 4 heterocycles. The smallest absolute Gasteiger partial charge is 0.239 e. The lowest BCUT2D eigenvalue weighted by atomic mass is 9.72. The van der Waals surface area contributed by atoms with Gasteiger partial charge < -0.3 is 9.64 Å². The zero-order valence-corrected chi connectivity index (χ0v) is 15.4. The standard InChI is InChI=1S/C19H28N2O2S/c1-15(18(22)21-8-2-17-16(14-21)3-13-24-17)20-9-4-19(5-10-20)6-11-23-12-7-19/h3,13,15H,2,4-12,14H2,1H3. The number of hydrogen-bond donors (Lipinski definition) is 0. The first-order chi connectivity index (χ1) is 11.7. The third-order valence-corrected chi connectivity index (χ3v) is 7.46. The molecule has 0 saturated carbocycles. The monoisotopic (exact) mass is 348 g/mol. The summed E-state index contributed by atoms with van der Waals surface area (Å²) < 4.78 is 5.54. The van der Waals surface area contributed by atoms with Crippen LogP contribution < -0.4 is 0 Å². The molecule has 4 nitrogen and oxygen atoms in total. The normalized spacial score (nSPS) is 25.5. The van der Waals surface area contributed by atoms with E-state index in [1.54, 1.807) is 0 Å². The average molecular weight is 349 g/mol. The Bertz CT molecular complexity index is 584. The van der Waals surface area contributed by atoms with E-state index in [1.807, 2.05) is 11.3 Å². The van der Waals surface area contributed by atoms with Crippen molar-refractivity contribution in [2.45, 2.75) is 51.6 Å². The van der Waals surface area contributed by atoms with Gasteiger partial charge in [0.2, 0.25) is 5.91 Å². The van der Waals surface area contributed by atoms with Crippen LogP contribution in [0.4, 0.5) is 0 Å². The highest BCUT2D eigenvalue weighted by Gasteiger charge is 2.38. The van der Waals surface area contributed by atoms with Gasteiger partial charge in [0.25, 0.3) is 0 Å². The maximum Gasteiger partial charge on any atom is 0.239 e. The van der Waals surface area contributed by atoms with Gasteiger partial charge >= 0.3 is 0 Å². The number of ether oxygens (including phenoxy) is 1. The van der Waals surface area contributed by atoms with Crippen molar-refractivity contribution in [2.24, 2.45) is 5.41 Å². The van der Waals surface area contributed by atoms with E-state index in [0.717, 1.165) is 45.8 Å². The third-order valence-electron chi connectivity index (χ3n) is 6.44. The Morgan fingerprint density at radius 3 is 2.71 bits per heavy atom. The SMILES string of the molecule is CC(C(=O)N1CCc2sccc2C1)N1CCC2(CCOCC2)CC1. The molecule has 5 heteroatoms. The van der Waals surface area contributed by atoms with Gasteiger partial charge in [-0.3, -0.25) is 9.69 Å². The number of likely N-dealkylation sites (tertiary alicyclic amines) is 1. The molecule has 0 aromatic carbocycles. The van der Waals surface area contributed by atoms with Crippen molar-refractivity contribution in [1.82, 2.24) is 9.80 Å². The fourth-order valence-electron chi connectivity index (χ4n) is 4.55. The summed E-state index contributed by atoms with van der Waals surface area (Å²) in [5, 5.41) is 2.15. The zero-order valence-electron chi connectivity index (χ0n) is 14.6. The number of thiophene rings is 1. The summed E-state index contributed by atoms with van der Waals surface area (Å²) in [7, 11) is 0. The van der Waals surface area contributed by atoms with Crippen LogP contribution in [0.1, 0.15) is 43.0 Å². The van der Waals surface area contributed by atoms with Gasteiger partial charge in [-0.05, 0) is 74.5 Å². The Hall–Kier alpha value is -0.910. The minimum absolute atomic E-state index is 0.0161. The molecule has 0 N–H and O–H groups in total. The number of piperidine rings is 1. The van der Waals surface area contributed by atoms with Gasteiger partial charge in [0.15, 0.2) is 0 Å². The Morgan fingerprint density at radius 1 is 1.21 bits per heavy atom. The van der Waals surface area contributed by atoms with E-state index in [2.05, 4.69) is 28.2 Å². The van der Waals surface area contributed by atoms with E-state index in [-0.39, 0.29) is 6.04 Å². The van der Waals surface area contributed by atoms with Crippen LogP contribution in [0.5, 0.6) is 0 Å². The molecule has 1 amide bonds. The van der Waals surface area contributed by atoms with Crippen molar-refractivity contribution in [2.75, 3.05) is 32.8 Å². The zero-order chi connectivity index (χ0) is 16.6. The largest absolute Gasteiger partial charge is 0.381 e. The van der Waals surface area contributed by atoms with Gasteiger partial charge in [0.1, 0.15) is 0 Å². The molecule has 3 aliphatic heterocycles. The van der Waals surface area contributed by atoms with Crippen LogP contribution >= 0.6 is 11.3 Å². The van der Waals surface area contributed by atoms with Gasteiger partial charge in [-0.2, -0.15) is 0 Å². The lowest BCUT2D eigenvalue weighted by Crippen LogP contribution is -2.52. The highest BCUT2D eigenvalue weighted by molar-refractivity contribution is 7.10. The van der Waals surface area contributed by atoms with E-state index in [4.69, 9.17) is 4.74 Å². The maximum absolute atomic E-state index is 13.0. The van der Waals surface area contributed by atoms with Crippen LogP contribution in [0.3, 0.4) is 0 Å². The number of carbonyl (C=O) groups excluding carboxylic acids is 1. The van der Waals surface area contributed by atoms with Gasteiger partial charge in [-0.15, -0.1) is 11.3 Å². The molecular weight excluding hydrogens is 320 g/mol. The Balaban J connectivity index is 1.34. The summed E-state index contributed by atoms with van der Waals surface area (Å²) in [6.07, 6.45) is 5.88. The highest BCUT2D eigenvalue weighted by atomic mass is 32.1. The first-order valence-corrected chi connectivity index (χ1v) is 10.2. The summed E-state index contributed by atoms with van der Waals surface area (Å²) in [6, 6.07) is 2.20. The molecule has 4 rings (SSSR count).